The summed E-state index contributed by atoms with van der Waals surface area (Å²) in [7, 11) is 0. The minimum Gasteiger partial charge on any atom is -0.511 e. The summed E-state index contributed by atoms with van der Waals surface area (Å²) in [6, 6.07) is 0. The van der Waals surface area contributed by atoms with Crippen LogP contribution in [-0.2, 0) is 4.79 Å². The first-order valence-electron chi connectivity index (χ1n) is 3.26. The van der Waals surface area contributed by atoms with Gasteiger partial charge in [0.15, 0.2) is 0 Å². The van der Waals surface area contributed by atoms with Crippen molar-refractivity contribution in [3.8, 4) is 0 Å². The molecular weight excluding hydrogens is 130 g/mol. The van der Waals surface area contributed by atoms with Gasteiger partial charge < -0.3 is 5.11 Å². The third-order valence-electron chi connectivity index (χ3n) is 1.34. The van der Waals surface area contributed by atoms with Crippen molar-refractivity contribution in [2.24, 2.45) is 4.99 Å². The molecule has 1 amide bonds. The molecule has 0 bridgehead atoms. The summed E-state index contributed by atoms with van der Waals surface area (Å²) in [5, 5.41) is 9.11. The van der Waals surface area contributed by atoms with Gasteiger partial charge in [-0.2, -0.15) is 0 Å². The summed E-state index contributed by atoms with van der Waals surface area (Å²) < 4.78 is 0. The van der Waals surface area contributed by atoms with Gasteiger partial charge >= 0.3 is 0 Å². The van der Waals surface area contributed by atoms with Crippen LogP contribution in [0.15, 0.2) is 16.3 Å². The van der Waals surface area contributed by atoms with Crippen molar-refractivity contribution in [1.29, 1.82) is 0 Å². The molecule has 0 aromatic rings. The Morgan fingerprint density at radius 2 is 2.50 bits per heavy atom. The van der Waals surface area contributed by atoms with Gasteiger partial charge in [0.2, 0.25) is 0 Å². The van der Waals surface area contributed by atoms with E-state index < -0.39 is 0 Å². The summed E-state index contributed by atoms with van der Waals surface area (Å²) in [4.78, 5) is 13.9. The highest BCUT2D eigenvalue weighted by Gasteiger charge is 2.18. The van der Waals surface area contributed by atoms with Crippen molar-refractivity contribution in [1.82, 2.24) is 0 Å². The molecule has 0 spiro atoms. The minimum atomic E-state index is -0.300. The molecular formula is C7H9NO2. The third-order valence-corrected chi connectivity index (χ3v) is 1.34. The fourth-order valence-electron chi connectivity index (χ4n) is 0.751. The lowest BCUT2D eigenvalue weighted by molar-refractivity contribution is -0.114. The number of hydrogen-bond donors (Lipinski definition) is 1. The number of nitrogens with zero attached hydrogens (tertiary/aromatic N) is 1. The standard InChI is InChI=1S/C7H9NO2/c1-2-3-6(9)5-4-8-7(5)10/h4,9H,2-3H2,1H3. The van der Waals surface area contributed by atoms with Crippen LogP contribution in [0.4, 0.5) is 0 Å². The van der Waals surface area contributed by atoms with Crippen LogP contribution < -0.4 is 0 Å². The third kappa shape index (κ3) is 1.07. The van der Waals surface area contributed by atoms with E-state index in [1.54, 1.807) is 0 Å². The number of hydrogen-bond acceptors (Lipinski definition) is 2. The van der Waals surface area contributed by atoms with Crippen LogP contribution in [0, 0.1) is 0 Å². The molecule has 3 nitrogen and oxygen atoms in total. The average Bonchev–Trinajstić information content (AvgIpc) is 1.85. The largest absolute Gasteiger partial charge is 0.511 e. The molecule has 54 valence electrons. The van der Waals surface area contributed by atoms with Crippen LogP contribution in [0.3, 0.4) is 0 Å². The lowest BCUT2D eigenvalue weighted by Gasteiger charge is -2.06. The number of amides is 1. The van der Waals surface area contributed by atoms with E-state index in [0.717, 1.165) is 6.42 Å². The number of aliphatic hydroxyl groups excluding tert-OH is 1. The van der Waals surface area contributed by atoms with Gasteiger partial charge in [-0.1, -0.05) is 6.92 Å². The lowest BCUT2D eigenvalue weighted by atomic mass is 10.1. The topological polar surface area (TPSA) is 49.7 Å². The molecule has 1 heterocycles. The van der Waals surface area contributed by atoms with Crippen molar-refractivity contribution in [2.75, 3.05) is 0 Å². The zero-order valence-electron chi connectivity index (χ0n) is 5.79. The first-order chi connectivity index (χ1) is 4.75. The molecule has 3 heteroatoms. The Bertz CT molecular complexity index is 216. The molecule has 1 rings (SSSR count). The second-order valence-corrected chi connectivity index (χ2v) is 2.17. The highest BCUT2D eigenvalue weighted by Crippen LogP contribution is 2.13. The summed E-state index contributed by atoms with van der Waals surface area (Å²) in [6.07, 6.45) is 2.80. The number of aliphatic hydroxyl groups is 1. The Morgan fingerprint density at radius 3 is 2.80 bits per heavy atom. The zero-order valence-corrected chi connectivity index (χ0v) is 5.79. The number of aliphatic imine (C=N–C) groups is 1. The van der Waals surface area contributed by atoms with Gasteiger partial charge in [0.1, 0.15) is 5.76 Å². The van der Waals surface area contributed by atoms with E-state index in [9.17, 15) is 4.79 Å². The molecule has 10 heavy (non-hydrogen) atoms. The van der Waals surface area contributed by atoms with Crippen molar-refractivity contribution in [3.63, 3.8) is 0 Å². The summed E-state index contributed by atoms with van der Waals surface area (Å²) >= 11 is 0. The fraction of sp³-hybridized carbons (Fsp3) is 0.429. The van der Waals surface area contributed by atoms with Gasteiger partial charge in [0.25, 0.3) is 5.91 Å². The summed E-state index contributed by atoms with van der Waals surface area (Å²) in [5.41, 5.74) is 0.377. The van der Waals surface area contributed by atoms with Crippen LogP contribution in [0.1, 0.15) is 19.8 Å². The molecule has 0 saturated heterocycles. The van der Waals surface area contributed by atoms with Crippen LogP contribution in [-0.4, -0.2) is 17.2 Å². The molecule has 0 saturated carbocycles. The monoisotopic (exact) mass is 139 g/mol. The maximum atomic E-state index is 10.5. The summed E-state index contributed by atoms with van der Waals surface area (Å²) in [6.45, 7) is 1.94. The number of rotatable bonds is 2. The van der Waals surface area contributed by atoms with E-state index >= 15 is 0 Å². The Kier molecular flexibility index (Phi) is 1.85. The smallest absolute Gasteiger partial charge is 0.281 e. The second-order valence-electron chi connectivity index (χ2n) is 2.17. The normalized spacial score (nSPS) is 20.7. The van der Waals surface area contributed by atoms with Crippen molar-refractivity contribution < 1.29 is 9.90 Å². The first-order valence-corrected chi connectivity index (χ1v) is 3.26. The fourth-order valence-corrected chi connectivity index (χ4v) is 0.751. The molecule has 0 radical (unpaired) electrons. The van der Waals surface area contributed by atoms with Crippen LogP contribution >= 0.6 is 0 Å². The Hall–Kier alpha value is -1.12. The van der Waals surface area contributed by atoms with Crippen LogP contribution in [0.25, 0.3) is 0 Å². The molecule has 0 aliphatic carbocycles. The molecule has 1 N–H and O–H groups in total. The van der Waals surface area contributed by atoms with Crippen molar-refractivity contribution in [3.05, 3.63) is 11.3 Å². The molecule has 0 fully saturated rings. The summed E-state index contributed by atoms with van der Waals surface area (Å²) in [5.74, 6) is -0.131. The van der Waals surface area contributed by atoms with E-state index in [4.69, 9.17) is 5.11 Å². The highest BCUT2D eigenvalue weighted by atomic mass is 16.3. The van der Waals surface area contributed by atoms with Gasteiger partial charge in [0, 0.05) is 12.6 Å². The van der Waals surface area contributed by atoms with Crippen LogP contribution in [0.2, 0.25) is 0 Å². The van der Waals surface area contributed by atoms with Gasteiger partial charge in [-0.25, -0.2) is 4.99 Å². The van der Waals surface area contributed by atoms with Crippen molar-refractivity contribution >= 4 is 12.1 Å². The highest BCUT2D eigenvalue weighted by molar-refractivity contribution is 6.24. The van der Waals surface area contributed by atoms with Crippen molar-refractivity contribution in [2.45, 2.75) is 19.8 Å². The Morgan fingerprint density at radius 1 is 1.80 bits per heavy atom. The maximum absolute atomic E-state index is 10.5. The molecule has 0 atom stereocenters. The van der Waals surface area contributed by atoms with Gasteiger partial charge in [-0.3, -0.25) is 4.79 Å². The predicted octanol–water partition coefficient (Wildman–Crippen LogP) is 1.21. The maximum Gasteiger partial charge on any atom is 0.281 e. The second kappa shape index (κ2) is 2.64. The average molecular weight is 139 g/mol. The van der Waals surface area contributed by atoms with Gasteiger partial charge in [0.05, 0.1) is 5.57 Å². The van der Waals surface area contributed by atoms with E-state index in [2.05, 4.69) is 4.99 Å². The quantitative estimate of drug-likeness (QED) is 0.461. The minimum absolute atomic E-state index is 0.169. The molecule has 0 unspecified atom stereocenters. The molecule has 1 aliphatic heterocycles. The van der Waals surface area contributed by atoms with Gasteiger partial charge in [-0.05, 0) is 6.42 Å². The van der Waals surface area contributed by atoms with E-state index in [1.165, 1.54) is 6.21 Å². The zero-order chi connectivity index (χ0) is 7.56. The Labute approximate surface area is 59.1 Å². The SMILES string of the molecule is CCCC(O)=C1C=NC1=O. The van der Waals surface area contributed by atoms with E-state index in [-0.39, 0.29) is 11.7 Å². The number of carbonyl (C=O) groups excluding carboxylic acids is 1. The first kappa shape index (κ1) is 6.99. The lowest BCUT2D eigenvalue weighted by Crippen LogP contribution is -2.13. The number of carbonyl (C=O) groups is 1. The molecule has 0 aromatic heterocycles. The molecule has 0 aromatic carbocycles. The molecule has 1 aliphatic rings. The Balaban J connectivity index is 2.68. The van der Waals surface area contributed by atoms with Crippen LogP contribution in [0.5, 0.6) is 0 Å². The van der Waals surface area contributed by atoms with E-state index in [0.29, 0.717) is 12.0 Å². The van der Waals surface area contributed by atoms with E-state index in [1.807, 2.05) is 6.92 Å². The van der Waals surface area contributed by atoms with Gasteiger partial charge in [-0.15, -0.1) is 0 Å². The predicted molar refractivity (Wildman–Crippen MR) is 38.1 cm³/mol. The number of allylic oxidation sites excluding steroid dienone is 1.